The van der Waals surface area contributed by atoms with Gasteiger partial charge in [-0.1, -0.05) is 18.2 Å². The Morgan fingerprint density at radius 1 is 1.33 bits per heavy atom. The van der Waals surface area contributed by atoms with Gasteiger partial charge in [0.25, 0.3) is 0 Å². The first-order chi connectivity index (χ1) is 8.69. The first-order valence-electron chi connectivity index (χ1n) is 5.67. The molecule has 1 saturated heterocycles. The van der Waals surface area contributed by atoms with E-state index in [1.807, 2.05) is 24.3 Å². The number of para-hydroxylation sites is 1. The molecule has 0 spiro atoms. The van der Waals surface area contributed by atoms with Crippen molar-refractivity contribution in [3.8, 4) is 5.75 Å². The Bertz CT molecular complexity index is 472. The predicted octanol–water partition coefficient (Wildman–Crippen LogP) is 0.698. The van der Waals surface area contributed by atoms with Crippen LogP contribution in [0.25, 0.3) is 0 Å². The highest BCUT2D eigenvalue weighted by atomic mass is 16.5. The average molecular weight is 249 g/mol. The molecule has 5 heteroatoms. The Balaban J connectivity index is 2.37. The number of benzene rings is 1. The molecule has 2 atom stereocenters. The first-order valence-corrected chi connectivity index (χ1v) is 5.67. The highest BCUT2D eigenvalue weighted by molar-refractivity contribution is 6.00. The Morgan fingerprint density at radius 2 is 2.06 bits per heavy atom. The zero-order chi connectivity index (χ0) is 13.1. The predicted molar refractivity (Wildman–Crippen MR) is 64.3 cm³/mol. The van der Waals surface area contributed by atoms with E-state index in [0.717, 1.165) is 5.56 Å². The molecule has 1 fully saturated rings. The second-order valence-electron chi connectivity index (χ2n) is 4.09. The molecular weight excluding hydrogens is 234 g/mol. The Kier molecular flexibility index (Phi) is 3.50. The molecule has 0 unspecified atom stereocenters. The number of carbonyl (C=O) groups excluding carboxylic acids is 2. The van der Waals surface area contributed by atoms with Gasteiger partial charge in [-0.25, -0.2) is 0 Å². The number of ether oxygens (including phenoxy) is 2. The summed E-state index contributed by atoms with van der Waals surface area (Å²) in [5.74, 6) is -1.18. The van der Waals surface area contributed by atoms with Gasteiger partial charge in [0.15, 0.2) is 0 Å². The fourth-order valence-corrected chi connectivity index (χ4v) is 2.28. The summed E-state index contributed by atoms with van der Waals surface area (Å²) in [5, 5.41) is 2.69. The standard InChI is InChI=1S/C13H15NO4/c1-17-10-6-4-3-5-8(10)9-7-14-12(15)11(9)13(16)18-2/h3-6,9,11H,7H2,1-2H3,(H,14,15)/t9-,11-/m1/s1. The molecule has 1 heterocycles. The number of carbonyl (C=O) groups is 2. The summed E-state index contributed by atoms with van der Waals surface area (Å²) >= 11 is 0. The number of amides is 1. The van der Waals surface area contributed by atoms with Crippen LogP contribution >= 0.6 is 0 Å². The summed E-state index contributed by atoms with van der Waals surface area (Å²) in [7, 11) is 2.85. The normalized spacial score (nSPS) is 22.4. The van der Waals surface area contributed by atoms with Crippen molar-refractivity contribution in [1.29, 1.82) is 0 Å². The van der Waals surface area contributed by atoms with Crippen LogP contribution in [0.2, 0.25) is 0 Å². The highest BCUT2D eigenvalue weighted by Crippen LogP contribution is 2.35. The third-order valence-corrected chi connectivity index (χ3v) is 3.17. The third kappa shape index (κ3) is 2.03. The minimum atomic E-state index is -0.800. The molecule has 0 saturated carbocycles. The molecule has 2 rings (SSSR count). The second kappa shape index (κ2) is 5.08. The molecular formula is C13H15NO4. The van der Waals surface area contributed by atoms with E-state index in [9.17, 15) is 9.59 Å². The van der Waals surface area contributed by atoms with Gasteiger partial charge in [-0.3, -0.25) is 9.59 Å². The molecule has 1 aliphatic heterocycles. The van der Waals surface area contributed by atoms with Crippen LogP contribution in [0.4, 0.5) is 0 Å². The number of hydrogen-bond acceptors (Lipinski definition) is 4. The number of esters is 1. The van der Waals surface area contributed by atoms with E-state index < -0.39 is 11.9 Å². The van der Waals surface area contributed by atoms with E-state index in [2.05, 4.69) is 10.1 Å². The number of hydrogen-bond donors (Lipinski definition) is 1. The summed E-state index contributed by atoms with van der Waals surface area (Å²) < 4.78 is 9.95. The van der Waals surface area contributed by atoms with Crippen molar-refractivity contribution < 1.29 is 19.1 Å². The average Bonchev–Trinajstić information content (AvgIpc) is 2.79. The van der Waals surface area contributed by atoms with Crippen LogP contribution in [0.5, 0.6) is 5.75 Å². The van der Waals surface area contributed by atoms with Crippen molar-refractivity contribution >= 4 is 11.9 Å². The minimum absolute atomic E-state index is 0.249. The fourth-order valence-electron chi connectivity index (χ4n) is 2.28. The molecule has 5 nitrogen and oxygen atoms in total. The van der Waals surface area contributed by atoms with Gasteiger partial charge in [0.05, 0.1) is 14.2 Å². The van der Waals surface area contributed by atoms with Crippen LogP contribution in [0.3, 0.4) is 0 Å². The second-order valence-corrected chi connectivity index (χ2v) is 4.09. The van der Waals surface area contributed by atoms with Crippen molar-refractivity contribution in [1.82, 2.24) is 5.32 Å². The maximum absolute atomic E-state index is 11.7. The van der Waals surface area contributed by atoms with Gasteiger partial charge in [-0.15, -0.1) is 0 Å². The van der Waals surface area contributed by atoms with Gasteiger partial charge in [0.2, 0.25) is 5.91 Å². The monoisotopic (exact) mass is 249 g/mol. The molecule has 1 amide bonds. The third-order valence-electron chi connectivity index (χ3n) is 3.17. The molecule has 1 N–H and O–H groups in total. The van der Waals surface area contributed by atoms with Crippen LogP contribution in [-0.2, 0) is 14.3 Å². The zero-order valence-corrected chi connectivity index (χ0v) is 10.3. The summed E-state index contributed by atoms with van der Waals surface area (Å²) in [6.45, 7) is 0.416. The Labute approximate surface area is 105 Å². The minimum Gasteiger partial charge on any atom is -0.496 e. The van der Waals surface area contributed by atoms with Crippen LogP contribution in [0, 0.1) is 5.92 Å². The highest BCUT2D eigenvalue weighted by Gasteiger charge is 2.42. The van der Waals surface area contributed by atoms with E-state index in [0.29, 0.717) is 12.3 Å². The van der Waals surface area contributed by atoms with Crippen molar-refractivity contribution in [3.05, 3.63) is 29.8 Å². The largest absolute Gasteiger partial charge is 0.496 e. The molecule has 18 heavy (non-hydrogen) atoms. The van der Waals surface area contributed by atoms with Crippen LogP contribution in [-0.4, -0.2) is 32.6 Å². The number of nitrogens with one attached hydrogen (secondary N) is 1. The molecule has 1 aromatic rings. The van der Waals surface area contributed by atoms with E-state index in [1.54, 1.807) is 7.11 Å². The van der Waals surface area contributed by atoms with Crippen molar-refractivity contribution in [2.75, 3.05) is 20.8 Å². The van der Waals surface area contributed by atoms with E-state index >= 15 is 0 Å². The van der Waals surface area contributed by atoms with Crippen molar-refractivity contribution in [2.45, 2.75) is 5.92 Å². The Morgan fingerprint density at radius 3 is 2.72 bits per heavy atom. The molecule has 0 aromatic heterocycles. The molecule has 1 aromatic carbocycles. The van der Waals surface area contributed by atoms with Crippen LogP contribution < -0.4 is 10.1 Å². The summed E-state index contributed by atoms with van der Waals surface area (Å²) in [5.41, 5.74) is 0.841. The van der Waals surface area contributed by atoms with Crippen molar-refractivity contribution in [2.24, 2.45) is 5.92 Å². The summed E-state index contributed by atoms with van der Waals surface area (Å²) in [6, 6.07) is 7.38. The fraction of sp³-hybridized carbons (Fsp3) is 0.385. The summed E-state index contributed by atoms with van der Waals surface area (Å²) in [6.07, 6.45) is 0. The quantitative estimate of drug-likeness (QED) is 0.632. The molecule has 0 bridgehead atoms. The lowest BCUT2D eigenvalue weighted by atomic mass is 9.88. The van der Waals surface area contributed by atoms with Gasteiger partial charge >= 0.3 is 5.97 Å². The van der Waals surface area contributed by atoms with Gasteiger partial charge in [-0.05, 0) is 6.07 Å². The molecule has 1 aliphatic rings. The maximum Gasteiger partial charge on any atom is 0.318 e. The van der Waals surface area contributed by atoms with Crippen molar-refractivity contribution in [3.63, 3.8) is 0 Å². The number of rotatable bonds is 3. The van der Waals surface area contributed by atoms with E-state index in [1.165, 1.54) is 7.11 Å². The van der Waals surface area contributed by atoms with Crippen LogP contribution in [0.1, 0.15) is 11.5 Å². The smallest absolute Gasteiger partial charge is 0.318 e. The zero-order valence-electron chi connectivity index (χ0n) is 10.3. The topological polar surface area (TPSA) is 64.6 Å². The lowest BCUT2D eigenvalue weighted by Crippen LogP contribution is -2.28. The maximum atomic E-state index is 11.7. The van der Waals surface area contributed by atoms with Gasteiger partial charge in [0, 0.05) is 18.0 Å². The molecule has 0 aliphatic carbocycles. The Hall–Kier alpha value is -2.04. The van der Waals surface area contributed by atoms with Gasteiger partial charge < -0.3 is 14.8 Å². The van der Waals surface area contributed by atoms with Gasteiger partial charge in [0.1, 0.15) is 11.7 Å². The lowest BCUT2D eigenvalue weighted by Gasteiger charge is -2.17. The van der Waals surface area contributed by atoms with Gasteiger partial charge in [-0.2, -0.15) is 0 Å². The van der Waals surface area contributed by atoms with E-state index in [-0.39, 0.29) is 11.8 Å². The van der Waals surface area contributed by atoms with E-state index in [4.69, 9.17) is 4.74 Å². The first kappa shape index (κ1) is 12.4. The molecule has 0 radical (unpaired) electrons. The summed E-state index contributed by atoms with van der Waals surface area (Å²) in [4.78, 5) is 23.4. The number of methoxy groups -OCH3 is 2. The lowest BCUT2D eigenvalue weighted by molar-refractivity contribution is -0.149. The molecule has 96 valence electrons. The SMILES string of the molecule is COC(=O)[C@H]1C(=O)NC[C@@H]1c1ccccc1OC. The van der Waals surface area contributed by atoms with Crippen LogP contribution in [0.15, 0.2) is 24.3 Å².